The minimum Gasteiger partial charge on any atom is -0.313 e. The number of nitrogens with one attached hydrogen (secondary N) is 2. The zero-order valence-electron chi connectivity index (χ0n) is 13.5. The summed E-state index contributed by atoms with van der Waals surface area (Å²) < 4.78 is 27.2. The number of H-pyrrole nitrogens is 1. The first-order chi connectivity index (χ1) is 9.84. The summed E-state index contributed by atoms with van der Waals surface area (Å²) in [5.41, 5.74) is 0.673. The minimum absolute atomic E-state index is 0.106. The molecular formula is C13H27N5O2S. The summed E-state index contributed by atoms with van der Waals surface area (Å²) in [4.78, 5) is 1.98. The van der Waals surface area contributed by atoms with Crippen molar-refractivity contribution in [1.29, 1.82) is 0 Å². The lowest BCUT2D eigenvalue weighted by molar-refractivity contribution is 0.270. The second-order valence-electron chi connectivity index (χ2n) is 5.32. The van der Waals surface area contributed by atoms with E-state index < -0.39 is 10.0 Å². The highest BCUT2D eigenvalue weighted by Gasteiger charge is 2.31. The maximum atomic E-state index is 12.8. The van der Waals surface area contributed by atoms with Gasteiger partial charge in [-0.25, -0.2) is 8.42 Å². The number of nitrogens with zero attached hydrogens (tertiary/aromatic N) is 3. The molecular weight excluding hydrogens is 290 g/mol. The number of aromatic nitrogens is 2. The molecule has 1 aromatic rings. The van der Waals surface area contributed by atoms with Crippen molar-refractivity contribution in [3.8, 4) is 0 Å². The second-order valence-corrected chi connectivity index (χ2v) is 7.15. The van der Waals surface area contributed by atoms with E-state index in [2.05, 4.69) is 15.5 Å². The van der Waals surface area contributed by atoms with Gasteiger partial charge < -0.3 is 10.2 Å². The van der Waals surface area contributed by atoms with E-state index in [0.717, 1.165) is 6.54 Å². The maximum absolute atomic E-state index is 12.8. The largest absolute Gasteiger partial charge is 0.313 e. The highest BCUT2D eigenvalue weighted by atomic mass is 32.2. The van der Waals surface area contributed by atoms with Gasteiger partial charge in [-0.05, 0) is 27.6 Å². The van der Waals surface area contributed by atoms with Crippen LogP contribution < -0.4 is 5.32 Å². The van der Waals surface area contributed by atoms with Crippen molar-refractivity contribution in [1.82, 2.24) is 24.7 Å². The molecule has 0 saturated heterocycles. The van der Waals surface area contributed by atoms with Gasteiger partial charge in [0.25, 0.3) is 10.0 Å². The predicted molar refractivity (Wildman–Crippen MR) is 83.6 cm³/mol. The van der Waals surface area contributed by atoms with Crippen LogP contribution >= 0.6 is 0 Å². The van der Waals surface area contributed by atoms with E-state index in [0.29, 0.717) is 25.2 Å². The van der Waals surface area contributed by atoms with E-state index in [1.807, 2.05) is 39.8 Å². The monoisotopic (exact) mass is 317 g/mol. The summed E-state index contributed by atoms with van der Waals surface area (Å²) in [6.45, 7) is 8.11. The summed E-state index contributed by atoms with van der Waals surface area (Å²) in [6, 6.07) is -0.106. The Balaban J connectivity index is 3.04. The molecule has 21 heavy (non-hydrogen) atoms. The summed E-state index contributed by atoms with van der Waals surface area (Å²) in [7, 11) is 0.303. The molecule has 1 heterocycles. The van der Waals surface area contributed by atoms with E-state index in [9.17, 15) is 8.42 Å². The molecule has 1 atom stereocenters. The highest BCUT2D eigenvalue weighted by Crippen LogP contribution is 2.20. The van der Waals surface area contributed by atoms with Crippen molar-refractivity contribution in [3.63, 3.8) is 0 Å². The van der Waals surface area contributed by atoms with Crippen molar-refractivity contribution in [2.45, 2.75) is 38.4 Å². The molecule has 0 saturated carbocycles. The molecule has 0 aliphatic heterocycles. The molecule has 122 valence electrons. The smallest absolute Gasteiger partial charge is 0.260 e. The average molecular weight is 317 g/mol. The van der Waals surface area contributed by atoms with Crippen LogP contribution in [0.2, 0.25) is 0 Å². The lowest BCUT2D eigenvalue weighted by Crippen LogP contribution is -2.44. The van der Waals surface area contributed by atoms with Crippen molar-refractivity contribution >= 4 is 10.0 Å². The number of hydrogen-bond donors (Lipinski definition) is 2. The van der Waals surface area contributed by atoms with Crippen molar-refractivity contribution in [3.05, 3.63) is 11.8 Å². The summed E-state index contributed by atoms with van der Waals surface area (Å²) in [5, 5.41) is 9.86. The Kier molecular flexibility index (Phi) is 6.79. The molecule has 2 N–H and O–H groups in total. The molecule has 1 unspecified atom stereocenters. The first-order valence-corrected chi connectivity index (χ1v) is 8.68. The van der Waals surface area contributed by atoms with Crippen LogP contribution in [0.15, 0.2) is 11.2 Å². The van der Waals surface area contributed by atoms with Crippen molar-refractivity contribution < 1.29 is 8.42 Å². The quantitative estimate of drug-likeness (QED) is 0.692. The third kappa shape index (κ3) is 4.50. The molecule has 0 bridgehead atoms. The van der Waals surface area contributed by atoms with Gasteiger partial charge in [-0.3, -0.25) is 5.10 Å². The zero-order valence-corrected chi connectivity index (χ0v) is 14.4. The minimum atomic E-state index is -3.57. The number of sulfonamides is 1. The van der Waals surface area contributed by atoms with E-state index in [-0.39, 0.29) is 11.1 Å². The van der Waals surface area contributed by atoms with Crippen LogP contribution in [-0.4, -0.2) is 67.6 Å². The molecule has 1 aromatic heterocycles. The van der Waals surface area contributed by atoms with Crippen LogP contribution in [0.1, 0.15) is 26.3 Å². The molecule has 0 aromatic carbocycles. The van der Waals surface area contributed by atoms with E-state index in [1.54, 1.807) is 6.20 Å². The topological polar surface area (TPSA) is 81.3 Å². The first-order valence-electron chi connectivity index (χ1n) is 7.24. The average Bonchev–Trinajstić information content (AvgIpc) is 2.84. The molecule has 0 spiro atoms. The van der Waals surface area contributed by atoms with Gasteiger partial charge in [-0.15, -0.1) is 0 Å². The van der Waals surface area contributed by atoms with Crippen molar-refractivity contribution in [2.24, 2.45) is 0 Å². The van der Waals surface area contributed by atoms with Crippen LogP contribution in [0.5, 0.6) is 0 Å². The zero-order chi connectivity index (χ0) is 16.0. The fourth-order valence-electron chi connectivity index (χ4n) is 2.36. The molecule has 0 fully saturated rings. The number of rotatable bonds is 9. The Bertz CT molecular complexity index is 526. The SMILES string of the molecule is CCNCc1cn[nH]c1S(=O)(=O)N(CC)C(C)CN(C)C. The third-order valence-electron chi connectivity index (χ3n) is 3.24. The normalized spacial score (nSPS) is 14.0. The summed E-state index contributed by atoms with van der Waals surface area (Å²) >= 11 is 0. The molecule has 8 heteroatoms. The third-order valence-corrected chi connectivity index (χ3v) is 5.35. The van der Waals surface area contributed by atoms with Crippen LogP contribution in [0, 0.1) is 0 Å². The summed E-state index contributed by atoms with van der Waals surface area (Å²) in [5.74, 6) is 0. The van der Waals surface area contributed by atoms with Gasteiger partial charge in [0.1, 0.15) is 0 Å². The van der Waals surface area contributed by atoms with Crippen molar-refractivity contribution in [2.75, 3.05) is 33.7 Å². The van der Waals surface area contributed by atoms with Gasteiger partial charge >= 0.3 is 0 Å². The highest BCUT2D eigenvalue weighted by molar-refractivity contribution is 7.89. The lowest BCUT2D eigenvalue weighted by atomic mass is 10.3. The fraction of sp³-hybridized carbons (Fsp3) is 0.769. The van der Waals surface area contributed by atoms with Crippen LogP contribution in [0.25, 0.3) is 0 Å². The van der Waals surface area contributed by atoms with Gasteiger partial charge in [0.2, 0.25) is 0 Å². The molecule has 0 aliphatic rings. The second kappa shape index (κ2) is 7.88. The van der Waals surface area contributed by atoms with Gasteiger partial charge in [0, 0.05) is 31.2 Å². The molecule has 0 amide bonds. The number of hydrogen-bond acceptors (Lipinski definition) is 5. The Morgan fingerprint density at radius 2 is 2.05 bits per heavy atom. The fourth-order valence-corrected chi connectivity index (χ4v) is 4.10. The van der Waals surface area contributed by atoms with Crippen LogP contribution in [0.4, 0.5) is 0 Å². The Labute approximate surface area is 127 Å². The maximum Gasteiger partial charge on any atom is 0.260 e. The number of aromatic amines is 1. The van der Waals surface area contributed by atoms with E-state index in [4.69, 9.17) is 0 Å². The molecule has 1 rings (SSSR count). The summed E-state index contributed by atoms with van der Waals surface area (Å²) in [6.07, 6.45) is 1.57. The Morgan fingerprint density at radius 3 is 2.57 bits per heavy atom. The van der Waals surface area contributed by atoms with Gasteiger partial charge in [-0.1, -0.05) is 13.8 Å². The van der Waals surface area contributed by atoms with Gasteiger partial charge in [0.05, 0.1) is 6.20 Å². The van der Waals surface area contributed by atoms with E-state index in [1.165, 1.54) is 4.31 Å². The van der Waals surface area contributed by atoms with Gasteiger partial charge in [0.15, 0.2) is 5.03 Å². The standard InChI is InChI=1S/C13H27N5O2S/c1-6-14-8-12-9-15-16-13(12)21(19,20)18(7-2)11(3)10-17(4)5/h9,11,14H,6-8,10H2,1-5H3,(H,15,16). The molecule has 0 radical (unpaired) electrons. The molecule has 0 aliphatic carbocycles. The van der Waals surface area contributed by atoms with E-state index >= 15 is 0 Å². The predicted octanol–water partition coefficient (Wildman–Crippen LogP) is 0.480. The van der Waals surface area contributed by atoms with Crippen LogP contribution in [0.3, 0.4) is 0 Å². The first kappa shape index (κ1) is 18.1. The lowest BCUT2D eigenvalue weighted by Gasteiger charge is -2.28. The Morgan fingerprint density at radius 1 is 1.38 bits per heavy atom. The Hall–Kier alpha value is -0.960. The molecule has 7 nitrogen and oxygen atoms in total. The van der Waals surface area contributed by atoms with Gasteiger partial charge in [-0.2, -0.15) is 9.40 Å². The number of likely N-dealkylation sites (N-methyl/N-ethyl adjacent to an activating group) is 2. The van der Waals surface area contributed by atoms with Crippen LogP contribution in [-0.2, 0) is 16.6 Å².